The summed E-state index contributed by atoms with van der Waals surface area (Å²) in [7, 11) is 0. The minimum absolute atomic E-state index is 0.0949. The van der Waals surface area contributed by atoms with Crippen LogP contribution in [-0.2, 0) is 9.59 Å². The summed E-state index contributed by atoms with van der Waals surface area (Å²) in [5, 5.41) is 8.89. The second kappa shape index (κ2) is 4.38. The predicted molar refractivity (Wildman–Crippen MR) is 72.4 cm³/mol. The molecule has 1 aromatic carbocycles. The molecular formula is C13H12N2O3S. The number of carboxylic acids is 1. The number of carbonyl (C=O) groups is 2. The van der Waals surface area contributed by atoms with Crippen LogP contribution in [0.2, 0.25) is 0 Å². The molecule has 19 heavy (non-hydrogen) atoms. The normalized spacial score (nSPS) is 24.8. The molecule has 0 saturated carbocycles. The molecular weight excluding hydrogens is 264 g/mol. The topological polar surface area (TPSA) is 70.0 Å². The lowest BCUT2D eigenvalue weighted by atomic mass is 10.0. The number of carbonyl (C=O) groups excluding carboxylic acids is 1. The fourth-order valence-corrected chi connectivity index (χ4v) is 3.60. The zero-order valence-corrected chi connectivity index (χ0v) is 11.1. The van der Waals surface area contributed by atoms with Crippen LogP contribution < -0.4 is 0 Å². The van der Waals surface area contributed by atoms with Crippen LogP contribution in [0.25, 0.3) is 0 Å². The molecule has 1 fully saturated rings. The van der Waals surface area contributed by atoms with E-state index in [0.717, 1.165) is 11.3 Å². The molecule has 6 heteroatoms. The molecule has 5 nitrogen and oxygen atoms in total. The van der Waals surface area contributed by atoms with Crippen molar-refractivity contribution in [3.05, 3.63) is 29.8 Å². The van der Waals surface area contributed by atoms with Crippen molar-refractivity contribution in [3.63, 3.8) is 0 Å². The molecule has 1 amide bonds. The van der Waals surface area contributed by atoms with Gasteiger partial charge in [0.25, 0.3) is 0 Å². The van der Waals surface area contributed by atoms with E-state index in [1.165, 1.54) is 11.8 Å². The lowest BCUT2D eigenvalue weighted by molar-refractivity contribution is -0.139. The van der Waals surface area contributed by atoms with Gasteiger partial charge in [0.05, 0.1) is 18.2 Å². The van der Waals surface area contributed by atoms with Crippen LogP contribution in [0.1, 0.15) is 24.9 Å². The number of rotatable bonds is 2. The van der Waals surface area contributed by atoms with Gasteiger partial charge in [-0.15, -0.1) is 0 Å². The number of para-hydroxylation sites is 1. The fourth-order valence-electron chi connectivity index (χ4n) is 2.39. The Hall–Kier alpha value is -1.82. The van der Waals surface area contributed by atoms with Gasteiger partial charge in [0, 0.05) is 5.56 Å². The summed E-state index contributed by atoms with van der Waals surface area (Å²) in [6, 6.07) is 7.58. The van der Waals surface area contributed by atoms with E-state index in [4.69, 9.17) is 5.11 Å². The number of amidine groups is 1. The maximum absolute atomic E-state index is 12.3. The minimum Gasteiger partial charge on any atom is -0.481 e. The van der Waals surface area contributed by atoms with Crippen LogP contribution in [0.4, 0.5) is 5.69 Å². The first kappa shape index (κ1) is 12.2. The second-order valence-corrected chi connectivity index (χ2v) is 5.71. The standard InChI is InChI=1S/C13H12N2O3S/c1-7-8-4-2-3-5-9(8)14-13-15(7)12(18)10(19-13)6-11(16)17/h2-5,7,10H,6H2,1H3,(H,16,17)/t7-,10+/m0/s1. The molecule has 0 radical (unpaired) electrons. The van der Waals surface area contributed by atoms with Crippen molar-refractivity contribution in [2.45, 2.75) is 24.6 Å². The molecule has 0 bridgehead atoms. The number of aliphatic carboxylic acids is 1. The Balaban J connectivity index is 1.98. The highest BCUT2D eigenvalue weighted by atomic mass is 32.2. The molecule has 2 aliphatic rings. The first-order valence-electron chi connectivity index (χ1n) is 5.97. The number of hydrogen-bond acceptors (Lipinski definition) is 4. The Bertz CT molecular complexity index is 599. The third-order valence-corrected chi connectivity index (χ3v) is 4.47. The maximum atomic E-state index is 12.3. The van der Waals surface area contributed by atoms with Gasteiger partial charge in [-0.3, -0.25) is 14.5 Å². The number of benzene rings is 1. The summed E-state index contributed by atoms with van der Waals surface area (Å²) in [4.78, 5) is 29.1. The Morgan fingerprint density at radius 2 is 2.21 bits per heavy atom. The molecule has 0 aliphatic carbocycles. The Kier molecular flexibility index (Phi) is 2.82. The summed E-state index contributed by atoms with van der Waals surface area (Å²) in [6.07, 6.45) is -0.165. The van der Waals surface area contributed by atoms with Crippen molar-refractivity contribution in [2.24, 2.45) is 4.99 Å². The first-order valence-corrected chi connectivity index (χ1v) is 6.85. The summed E-state index contributed by atoms with van der Waals surface area (Å²) >= 11 is 1.24. The summed E-state index contributed by atoms with van der Waals surface area (Å²) in [5.74, 6) is -1.12. The molecule has 1 aromatic rings. The molecule has 98 valence electrons. The van der Waals surface area contributed by atoms with E-state index in [1.807, 2.05) is 31.2 Å². The minimum atomic E-state index is -0.962. The molecule has 2 heterocycles. The molecule has 2 atom stereocenters. The van der Waals surface area contributed by atoms with Crippen molar-refractivity contribution in [3.8, 4) is 0 Å². The Labute approximate surface area is 114 Å². The number of carboxylic acid groups (broad SMARTS) is 1. The van der Waals surface area contributed by atoms with Gasteiger partial charge < -0.3 is 5.11 Å². The predicted octanol–water partition coefficient (Wildman–Crippen LogP) is 2.17. The van der Waals surface area contributed by atoms with Gasteiger partial charge in [0.15, 0.2) is 5.17 Å². The van der Waals surface area contributed by atoms with Gasteiger partial charge in [-0.1, -0.05) is 30.0 Å². The Morgan fingerprint density at radius 1 is 1.47 bits per heavy atom. The molecule has 1 saturated heterocycles. The fraction of sp³-hybridized carbons (Fsp3) is 0.308. The van der Waals surface area contributed by atoms with Crippen molar-refractivity contribution in [2.75, 3.05) is 0 Å². The number of amides is 1. The van der Waals surface area contributed by atoms with Crippen LogP contribution in [-0.4, -0.2) is 32.3 Å². The van der Waals surface area contributed by atoms with Gasteiger partial charge in [0.2, 0.25) is 5.91 Å². The van der Waals surface area contributed by atoms with Crippen LogP contribution in [0.5, 0.6) is 0 Å². The molecule has 1 N–H and O–H groups in total. The van der Waals surface area contributed by atoms with Gasteiger partial charge in [-0.2, -0.15) is 0 Å². The van der Waals surface area contributed by atoms with Crippen LogP contribution >= 0.6 is 11.8 Å². The average Bonchev–Trinajstić information content (AvgIpc) is 2.66. The maximum Gasteiger partial charge on any atom is 0.305 e. The number of nitrogens with zero attached hydrogens (tertiary/aromatic N) is 2. The van der Waals surface area contributed by atoms with E-state index in [2.05, 4.69) is 4.99 Å². The van der Waals surface area contributed by atoms with Crippen LogP contribution in [0.3, 0.4) is 0 Å². The van der Waals surface area contributed by atoms with Crippen LogP contribution in [0.15, 0.2) is 29.3 Å². The number of thioether (sulfide) groups is 1. The number of fused-ring (bicyclic) bond motifs is 2. The van der Waals surface area contributed by atoms with Crippen molar-refractivity contribution in [1.29, 1.82) is 0 Å². The average molecular weight is 276 g/mol. The zero-order valence-electron chi connectivity index (χ0n) is 10.2. The van der Waals surface area contributed by atoms with E-state index >= 15 is 0 Å². The SMILES string of the molecule is C[C@H]1c2ccccc2N=C2S[C@H](CC(=O)O)C(=O)N21. The van der Waals surface area contributed by atoms with Gasteiger partial charge in [-0.05, 0) is 13.0 Å². The highest BCUT2D eigenvalue weighted by molar-refractivity contribution is 8.15. The molecule has 3 rings (SSSR count). The largest absolute Gasteiger partial charge is 0.481 e. The first-order chi connectivity index (χ1) is 9.08. The smallest absolute Gasteiger partial charge is 0.305 e. The van der Waals surface area contributed by atoms with Crippen molar-refractivity contribution >= 4 is 34.5 Å². The molecule has 0 unspecified atom stereocenters. The van der Waals surface area contributed by atoms with Crippen LogP contribution in [0, 0.1) is 0 Å². The Morgan fingerprint density at radius 3 is 2.95 bits per heavy atom. The van der Waals surface area contributed by atoms with E-state index in [0.29, 0.717) is 5.17 Å². The monoisotopic (exact) mass is 276 g/mol. The number of hydrogen-bond donors (Lipinski definition) is 1. The van der Waals surface area contributed by atoms with E-state index in [-0.39, 0.29) is 18.4 Å². The molecule has 0 aromatic heterocycles. The van der Waals surface area contributed by atoms with Gasteiger partial charge >= 0.3 is 5.97 Å². The number of aliphatic imine (C=N–C) groups is 1. The third kappa shape index (κ3) is 1.92. The molecule has 0 spiro atoms. The lowest BCUT2D eigenvalue weighted by Gasteiger charge is -2.29. The lowest BCUT2D eigenvalue weighted by Crippen LogP contribution is -2.36. The second-order valence-electron chi connectivity index (χ2n) is 4.54. The molecule has 2 aliphatic heterocycles. The van der Waals surface area contributed by atoms with Crippen molar-refractivity contribution < 1.29 is 14.7 Å². The van der Waals surface area contributed by atoms with E-state index in [1.54, 1.807) is 4.90 Å². The summed E-state index contributed by atoms with van der Waals surface area (Å²) in [6.45, 7) is 1.94. The van der Waals surface area contributed by atoms with Gasteiger partial charge in [-0.25, -0.2) is 4.99 Å². The highest BCUT2D eigenvalue weighted by Gasteiger charge is 2.44. The van der Waals surface area contributed by atoms with Crippen molar-refractivity contribution in [1.82, 2.24) is 4.90 Å². The highest BCUT2D eigenvalue weighted by Crippen LogP contribution is 2.43. The third-order valence-electron chi connectivity index (χ3n) is 3.32. The van der Waals surface area contributed by atoms with E-state index < -0.39 is 11.2 Å². The van der Waals surface area contributed by atoms with Gasteiger partial charge in [0.1, 0.15) is 5.25 Å². The summed E-state index contributed by atoms with van der Waals surface area (Å²) < 4.78 is 0. The summed E-state index contributed by atoms with van der Waals surface area (Å²) in [5.41, 5.74) is 1.86. The quantitative estimate of drug-likeness (QED) is 0.898. The zero-order chi connectivity index (χ0) is 13.6. The van der Waals surface area contributed by atoms with E-state index in [9.17, 15) is 9.59 Å².